The summed E-state index contributed by atoms with van der Waals surface area (Å²) in [7, 11) is 0. The average molecular weight is 442 g/mol. The molecular formula is C25H19N3O3S. The number of Topliss-reactive ketones (excluding diaryl/α,β-unsaturated/α-hetero) is 1. The second kappa shape index (κ2) is 7.69. The van der Waals surface area contributed by atoms with Gasteiger partial charge in [0.05, 0.1) is 21.8 Å². The quantitative estimate of drug-likeness (QED) is 0.277. The van der Waals surface area contributed by atoms with Gasteiger partial charge in [-0.15, -0.1) is 0 Å². The van der Waals surface area contributed by atoms with E-state index in [1.807, 2.05) is 44.2 Å². The zero-order valence-electron chi connectivity index (χ0n) is 17.4. The minimum absolute atomic E-state index is 0.0421. The molecule has 1 unspecified atom stereocenters. The van der Waals surface area contributed by atoms with E-state index in [9.17, 15) is 14.7 Å². The third kappa shape index (κ3) is 3.27. The lowest BCUT2D eigenvalue weighted by Gasteiger charge is -2.22. The lowest BCUT2D eigenvalue weighted by Crippen LogP contribution is -2.29. The molecule has 32 heavy (non-hydrogen) atoms. The molecule has 1 saturated heterocycles. The molecule has 6 nitrogen and oxygen atoms in total. The number of carbonyl (C=O) groups is 2. The molecule has 4 aromatic rings. The van der Waals surface area contributed by atoms with Gasteiger partial charge in [0, 0.05) is 18.0 Å². The summed E-state index contributed by atoms with van der Waals surface area (Å²) in [6, 6.07) is 15.7. The molecule has 0 bridgehead atoms. The Morgan fingerprint density at radius 3 is 2.38 bits per heavy atom. The third-order valence-corrected chi connectivity index (χ3v) is 6.55. The number of aliphatic hydroxyl groups is 1. The summed E-state index contributed by atoms with van der Waals surface area (Å²) in [5, 5.41) is 11.5. The smallest absolute Gasteiger partial charge is 0.301 e. The number of nitrogens with zero attached hydrogens (tertiary/aromatic N) is 3. The number of hydrogen-bond acceptors (Lipinski definition) is 6. The first-order chi connectivity index (χ1) is 15.4. The highest BCUT2D eigenvalue weighted by molar-refractivity contribution is 7.22. The fourth-order valence-electron chi connectivity index (χ4n) is 3.88. The van der Waals surface area contributed by atoms with Gasteiger partial charge in [-0.3, -0.25) is 19.5 Å². The maximum Gasteiger partial charge on any atom is 0.301 e. The van der Waals surface area contributed by atoms with Crippen molar-refractivity contribution in [3.63, 3.8) is 0 Å². The second-order valence-electron chi connectivity index (χ2n) is 7.78. The van der Waals surface area contributed by atoms with Crippen LogP contribution in [-0.2, 0) is 9.59 Å². The highest BCUT2D eigenvalue weighted by Gasteiger charge is 2.48. The van der Waals surface area contributed by atoms with Crippen LogP contribution in [0.2, 0.25) is 0 Å². The predicted octanol–water partition coefficient (Wildman–Crippen LogP) is 4.93. The summed E-state index contributed by atoms with van der Waals surface area (Å²) in [5.41, 5.74) is 4.05. The molecule has 3 heterocycles. The summed E-state index contributed by atoms with van der Waals surface area (Å²) in [6.45, 7) is 3.93. The van der Waals surface area contributed by atoms with Crippen molar-refractivity contribution in [1.29, 1.82) is 0 Å². The molecule has 1 amide bonds. The fraction of sp³-hybridized carbons (Fsp3) is 0.120. The monoisotopic (exact) mass is 441 g/mol. The molecule has 1 fully saturated rings. The minimum Gasteiger partial charge on any atom is -0.507 e. The van der Waals surface area contributed by atoms with E-state index < -0.39 is 17.7 Å². The topological polar surface area (TPSA) is 83.4 Å². The molecule has 0 saturated carbocycles. The molecule has 2 aromatic carbocycles. The van der Waals surface area contributed by atoms with E-state index in [0.717, 1.165) is 21.3 Å². The number of carbonyl (C=O) groups excluding carboxylic acids is 2. The molecule has 7 heteroatoms. The van der Waals surface area contributed by atoms with Crippen LogP contribution in [0.3, 0.4) is 0 Å². The molecule has 0 aliphatic carbocycles. The molecule has 0 radical (unpaired) electrons. The van der Waals surface area contributed by atoms with Gasteiger partial charge in [-0.2, -0.15) is 0 Å². The minimum atomic E-state index is -0.805. The first kappa shape index (κ1) is 20.1. The number of pyridine rings is 1. The number of anilines is 1. The van der Waals surface area contributed by atoms with Gasteiger partial charge < -0.3 is 5.11 Å². The Bertz CT molecular complexity index is 1390. The molecule has 1 aliphatic heterocycles. The zero-order valence-corrected chi connectivity index (χ0v) is 18.3. The number of amides is 1. The van der Waals surface area contributed by atoms with Crippen LogP contribution in [0.5, 0.6) is 0 Å². The lowest BCUT2D eigenvalue weighted by molar-refractivity contribution is -0.132. The van der Waals surface area contributed by atoms with Gasteiger partial charge in [0.15, 0.2) is 5.13 Å². The molecule has 158 valence electrons. The Labute approximate surface area is 188 Å². The van der Waals surface area contributed by atoms with Crippen LogP contribution in [0.25, 0.3) is 16.0 Å². The Morgan fingerprint density at radius 2 is 1.66 bits per heavy atom. The zero-order chi connectivity index (χ0) is 22.4. The van der Waals surface area contributed by atoms with Gasteiger partial charge in [0.25, 0.3) is 5.78 Å². The van der Waals surface area contributed by atoms with E-state index in [1.165, 1.54) is 16.2 Å². The molecule has 0 spiro atoms. The van der Waals surface area contributed by atoms with Crippen molar-refractivity contribution in [2.45, 2.75) is 19.9 Å². The van der Waals surface area contributed by atoms with Gasteiger partial charge in [-0.25, -0.2) is 4.98 Å². The van der Waals surface area contributed by atoms with Crippen molar-refractivity contribution in [3.05, 3.63) is 94.8 Å². The molecule has 5 rings (SSSR count). The SMILES string of the molecule is Cc1ccc(/C(O)=C2\C(=O)C(=O)N(c3nc4ccc(C)cc4s3)C2c2ccncc2)cc1. The normalized spacial score (nSPS) is 17.9. The van der Waals surface area contributed by atoms with Gasteiger partial charge in [0.2, 0.25) is 0 Å². The molecule has 1 aliphatic rings. The first-order valence-corrected chi connectivity index (χ1v) is 10.9. The van der Waals surface area contributed by atoms with Crippen LogP contribution in [0.4, 0.5) is 5.13 Å². The lowest BCUT2D eigenvalue weighted by atomic mass is 9.96. The third-order valence-electron chi connectivity index (χ3n) is 5.53. The fourth-order valence-corrected chi connectivity index (χ4v) is 4.97. The van der Waals surface area contributed by atoms with Crippen molar-refractivity contribution < 1.29 is 14.7 Å². The average Bonchev–Trinajstić information content (AvgIpc) is 3.32. The summed E-state index contributed by atoms with van der Waals surface area (Å²) >= 11 is 1.35. The maximum absolute atomic E-state index is 13.2. The van der Waals surface area contributed by atoms with Gasteiger partial charge in [-0.05, 0) is 49.2 Å². The van der Waals surface area contributed by atoms with Crippen molar-refractivity contribution in [2.24, 2.45) is 0 Å². The summed E-state index contributed by atoms with van der Waals surface area (Å²) in [5.74, 6) is -1.65. The van der Waals surface area contributed by atoms with Gasteiger partial charge in [0.1, 0.15) is 5.76 Å². The summed E-state index contributed by atoms with van der Waals surface area (Å²) < 4.78 is 0.925. The van der Waals surface area contributed by atoms with Crippen molar-refractivity contribution in [2.75, 3.05) is 4.90 Å². The van der Waals surface area contributed by atoms with Gasteiger partial charge in [-0.1, -0.05) is 47.2 Å². The second-order valence-corrected chi connectivity index (χ2v) is 8.79. The van der Waals surface area contributed by atoms with Crippen LogP contribution in [0, 0.1) is 13.8 Å². The van der Waals surface area contributed by atoms with E-state index in [-0.39, 0.29) is 11.3 Å². The van der Waals surface area contributed by atoms with Crippen molar-refractivity contribution >= 4 is 44.1 Å². The van der Waals surface area contributed by atoms with Crippen LogP contribution >= 0.6 is 11.3 Å². The number of aryl methyl sites for hydroxylation is 2. The van der Waals surface area contributed by atoms with E-state index in [0.29, 0.717) is 16.3 Å². The predicted molar refractivity (Wildman–Crippen MR) is 125 cm³/mol. The van der Waals surface area contributed by atoms with Crippen LogP contribution in [0.1, 0.15) is 28.3 Å². The molecular weight excluding hydrogens is 422 g/mol. The number of aromatic nitrogens is 2. The van der Waals surface area contributed by atoms with E-state index >= 15 is 0 Å². The Kier molecular flexibility index (Phi) is 4.83. The molecule has 2 aromatic heterocycles. The van der Waals surface area contributed by atoms with Gasteiger partial charge >= 0.3 is 5.91 Å². The van der Waals surface area contributed by atoms with E-state index in [2.05, 4.69) is 9.97 Å². The first-order valence-electron chi connectivity index (χ1n) is 10.1. The van der Waals surface area contributed by atoms with E-state index in [4.69, 9.17) is 0 Å². The number of ketones is 1. The van der Waals surface area contributed by atoms with Crippen molar-refractivity contribution in [1.82, 2.24) is 9.97 Å². The molecule has 1 atom stereocenters. The Morgan fingerprint density at radius 1 is 0.969 bits per heavy atom. The summed E-state index contributed by atoms with van der Waals surface area (Å²) in [6.07, 6.45) is 3.20. The van der Waals surface area contributed by atoms with Crippen LogP contribution in [-0.4, -0.2) is 26.8 Å². The number of rotatable bonds is 3. The standard InChI is InChI=1S/C25H19N3O3S/c1-14-3-6-17(7-4-14)22(29)20-21(16-9-11-26-12-10-16)28(24(31)23(20)30)25-27-18-8-5-15(2)13-19(18)32-25/h3-13,21,29H,1-2H3/b22-20+. The highest BCUT2D eigenvalue weighted by atomic mass is 32.1. The Hall–Kier alpha value is -3.84. The van der Waals surface area contributed by atoms with E-state index in [1.54, 1.807) is 36.7 Å². The van der Waals surface area contributed by atoms with Crippen LogP contribution in [0.15, 0.2) is 72.6 Å². The van der Waals surface area contributed by atoms with Crippen LogP contribution < -0.4 is 4.90 Å². The largest absolute Gasteiger partial charge is 0.507 e. The summed E-state index contributed by atoms with van der Waals surface area (Å²) in [4.78, 5) is 36.5. The number of benzene rings is 2. The molecule has 1 N–H and O–H groups in total. The highest BCUT2D eigenvalue weighted by Crippen LogP contribution is 2.44. The van der Waals surface area contributed by atoms with Crippen molar-refractivity contribution in [3.8, 4) is 0 Å². The number of thiazole rings is 1. The number of aliphatic hydroxyl groups excluding tert-OH is 1. The number of fused-ring (bicyclic) bond motifs is 1. The Balaban J connectivity index is 1.72. The number of hydrogen-bond donors (Lipinski definition) is 1. The maximum atomic E-state index is 13.2.